The summed E-state index contributed by atoms with van der Waals surface area (Å²) >= 11 is 0. The zero-order chi connectivity index (χ0) is 14.9. The minimum Gasteiger partial charge on any atom is -0.508 e. The Labute approximate surface area is 113 Å². The van der Waals surface area contributed by atoms with E-state index < -0.39 is 7.25 Å². The van der Waals surface area contributed by atoms with Crippen molar-refractivity contribution < 1.29 is 22.4 Å². The highest BCUT2D eigenvalue weighted by atomic mass is 32.2. The molecule has 1 rings (SSSR count). The van der Waals surface area contributed by atoms with E-state index in [-0.39, 0.29) is 10.9 Å². The van der Waals surface area contributed by atoms with E-state index in [9.17, 15) is 17.3 Å². The molecule has 0 atom stereocenters. The van der Waals surface area contributed by atoms with Crippen LogP contribution in [0.2, 0.25) is 0 Å². The van der Waals surface area contributed by atoms with Crippen molar-refractivity contribution in [1.82, 2.24) is 0 Å². The Balaban J connectivity index is 0.000000555. The van der Waals surface area contributed by atoms with Crippen LogP contribution in [0.1, 0.15) is 0 Å². The van der Waals surface area contributed by atoms with Crippen LogP contribution in [0.5, 0.6) is 5.75 Å². The van der Waals surface area contributed by atoms with Crippen molar-refractivity contribution >= 4 is 18.1 Å². The first-order valence-corrected chi connectivity index (χ1v) is 6.90. The van der Waals surface area contributed by atoms with Gasteiger partial charge in [0.25, 0.3) is 0 Å². The molecule has 7 heteroatoms. The fourth-order valence-electron chi connectivity index (χ4n) is 1.18. The summed E-state index contributed by atoms with van der Waals surface area (Å²) in [6.45, 7) is 7.50. The first kappa shape index (κ1) is 17.6. The van der Waals surface area contributed by atoms with Gasteiger partial charge in [0.05, 0.1) is 0 Å². The lowest BCUT2D eigenvalue weighted by Crippen LogP contribution is -2.09. The van der Waals surface area contributed by atoms with Crippen molar-refractivity contribution in [1.29, 1.82) is 0 Å². The van der Waals surface area contributed by atoms with Gasteiger partial charge in [-0.1, -0.05) is 13.2 Å². The maximum atomic E-state index is 9.75. The molecule has 0 unspecified atom stereocenters. The molecule has 0 amide bonds. The number of rotatable bonds is 5. The van der Waals surface area contributed by atoms with Crippen molar-refractivity contribution in [2.24, 2.45) is 0 Å². The van der Waals surface area contributed by atoms with Crippen molar-refractivity contribution in [2.45, 2.75) is 4.90 Å². The van der Waals surface area contributed by atoms with Gasteiger partial charge in [-0.25, -0.2) is 0 Å². The molecule has 0 saturated heterocycles. The van der Waals surface area contributed by atoms with Crippen LogP contribution >= 0.6 is 0 Å². The van der Waals surface area contributed by atoms with E-state index in [4.69, 9.17) is 5.11 Å². The lowest BCUT2D eigenvalue weighted by molar-refractivity contribution is 0.368. The van der Waals surface area contributed by atoms with Gasteiger partial charge in [0, 0.05) is 10.9 Å². The highest BCUT2D eigenvalue weighted by molar-refractivity contribution is 7.97. The standard InChI is InChI=1S/C12H14OS.BF4/c1-3-9-14(10-4-2)12-7-5-11(13)6-8-12;2-1(3,4)5/h3-8H,1-2,9-10H2;/q;-1/p+1. The predicted molar refractivity (Wildman–Crippen MR) is 74.1 cm³/mol. The minimum atomic E-state index is -6.00. The molecule has 1 nitrogen and oxygen atoms in total. The van der Waals surface area contributed by atoms with Crippen molar-refractivity contribution in [3.63, 3.8) is 0 Å². The van der Waals surface area contributed by atoms with Gasteiger partial charge < -0.3 is 22.4 Å². The van der Waals surface area contributed by atoms with E-state index in [0.29, 0.717) is 5.75 Å². The second-order valence-electron chi connectivity index (χ2n) is 3.39. The Morgan fingerprint density at radius 2 is 1.37 bits per heavy atom. The lowest BCUT2D eigenvalue weighted by Gasteiger charge is -2.03. The lowest BCUT2D eigenvalue weighted by atomic mass is 10.3. The Kier molecular flexibility index (Phi) is 8.06. The van der Waals surface area contributed by atoms with Crippen molar-refractivity contribution in [3.05, 3.63) is 49.6 Å². The van der Waals surface area contributed by atoms with E-state index in [0.717, 1.165) is 11.5 Å². The first-order chi connectivity index (χ1) is 8.77. The normalized spacial score (nSPS) is 10.6. The summed E-state index contributed by atoms with van der Waals surface area (Å²) in [5.74, 6) is 2.25. The molecule has 0 heterocycles. The molecule has 0 spiro atoms. The summed E-state index contributed by atoms with van der Waals surface area (Å²) in [5, 5.41) is 9.16. The van der Waals surface area contributed by atoms with Gasteiger partial charge in [0.2, 0.25) is 0 Å². The van der Waals surface area contributed by atoms with Crippen LogP contribution in [-0.4, -0.2) is 23.9 Å². The van der Waals surface area contributed by atoms with Gasteiger partial charge >= 0.3 is 7.25 Å². The van der Waals surface area contributed by atoms with Crippen LogP contribution in [0.25, 0.3) is 0 Å². The largest absolute Gasteiger partial charge is 0.673 e. The fraction of sp³-hybridized carbons (Fsp3) is 0.167. The number of aromatic hydroxyl groups is 1. The van der Waals surface area contributed by atoms with Crippen LogP contribution in [-0.2, 0) is 10.9 Å². The molecule has 0 aliphatic rings. The summed E-state index contributed by atoms with van der Waals surface area (Å²) in [5.41, 5.74) is 0. The minimum absolute atomic E-state index is 0.157. The smallest absolute Gasteiger partial charge is 0.508 e. The molecule has 0 aliphatic carbocycles. The van der Waals surface area contributed by atoms with Crippen molar-refractivity contribution in [3.8, 4) is 5.75 Å². The summed E-state index contributed by atoms with van der Waals surface area (Å²) in [7, 11) is -5.84. The van der Waals surface area contributed by atoms with Crippen LogP contribution < -0.4 is 0 Å². The second kappa shape index (κ2) is 8.69. The molecule has 0 aromatic heterocycles. The zero-order valence-electron chi connectivity index (χ0n) is 10.2. The van der Waals surface area contributed by atoms with Gasteiger partial charge in [-0.05, 0) is 36.4 Å². The Bertz CT molecular complexity index is 376. The maximum absolute atomic E-state index is 9.75. The van der Waals surface area contributed by atoms with E-state index >= 15 is 0 Å². The molecule has 0 saturated carbocycles. The van der Waals surface area contributed by atoms with Gasteiger partial charge in [0.1, 0.15) is 17.3 Å². The van der Waals surface area contributed by atoms with Crippen LogP contribution in [0.4, 0.5) is 17.3 Å². The average molecular weight is 294 g/mol. The fourth-order valence-corrected chi connectivity index (χ4v) is 2.79. The predicted octanol–water partition coefficient (Wildman–Crippen LogP) is 4.04. The highest BCUT2D eigenvalue weighted by Gasteiger charge is 2.20. The molecule has 0 bridgehead atoms. The second-order valence-corrected chi connectivity index (χ2v) is 5.52. The number of phenols is 1. The summed E-state index contributed by atoms with van der Waals surface area (Å²) in [6.07, 6.45) is 3.86. The SMILES string of the molecule is C=CC[S+](CC=C)c1ccc(O)cc1.F[B-](F)(F)F. The number of hydrogen-bond donors (Lipinski definition) is 1. The van der Waals surface area contributed by atoms with Crippen molar-refractivity contribution in [2.75, 3.05) is 11.5 Å². The summed E-state index contributed by atoms with van der Waals surface area (Å²) in [4.78, 5) is 1.25. The molecule has 1 aromatic carbocycles. The topological polar surface area (TPSA) is 20.2 Å². The molecule has 1 N–H and O–H groups in total. The first-order valence-electron chi connectivity index (χ1n) is 5.33. The number of halogens is 4. The van der Waals surface area contributed by atoms with Crippen LogP contribution in [0.3, 0.4) is 0 Å². The summed E-state index contributed by atoms with van der Waals surface area (Å²) in [6, 6.07) is 7.37. The molecule has 0 fully saturated rings. The monoisotopic (exact) mass is 294 g/mol. The quantitative estimate of drug-likeness (QED) is 0.376. The van der Waals surface area contributed by atoms with Gasteiger partial charge in [-0.15, -0.1) is 0 Å². The Morgan fingerprint density at radius 3 is 1.68 bits per heavy atom. The van der Waals surface area contributed by atoms with E-state index in [2.05, 4.69) is 13.2 Å². The number of phenolic OH excluding ortho intramolecular Hbond substituents is 1. The molecule has 106 valence electrons. The highest BCUT2D eigenvalue weighted by Crippen LogP contribution is 2.18. The molecular formula is C12H15BF4OS. The molecule has 0 radical (unpaired) electrons. The molecular weight excluding hydrogens is 279 g/mol. The van der Waals surface area contributed by atoms with E-state index in [1.807, 2.05) is 24.3 Å². The van der Waals surface area contributed by atoms with Crippen LogP contribution in [0, 0.1) is 0 Å². The van der Waals surface area contributed by atoms with Crippen LogP contribution in [0.15, 0.2) is 54.5 Å². The number of benzene rings is 1. The Hall–Kier alpha value is -1.37. The third-order valence-corrected chi connectivity index (χ3v) is 4.02. The van der Waals surface area contributed by atoms with E-state index in [1.165, 1.54) is 4.90 Å². The zero-order valence-corrected chi connectivity index (χ0v) is 11.1. The number of hydrogen-bond acceptors (Lipinski definition) is 1. The average Bonchev–Trinajstić information content (AvgIpc) is 2.28. The molecule has 1 aromatic rings. The third-order valence-electron chi connectivity index (χ3n) is 1.81. The Morgan fingerprint density at radius 1 is 1.00 bits per heavy atom. The molecule has 19 heavy (non-hydrogen) atoms. The van der Waals surface area contributed by atoms with Gasteiger partial charge in [-0.3, -0.25) is 0 Å². The van der Waals surface area contributed by atoms with E-state index in [1.54, 1.807) is 12.1 Å². The van der Waals surface area contributed by atoms with Gasteiger partial charge in [-0.2, -0.15) is 0 Å². The summed E-state index contributed by atoms with van der Waals surface area (Å²) < 4.78 is 39.0. The maximum Gasteiger partial charge on any atom is 0.673 e. The van der Waals surface area contributed by atoms with Gasteiger partial charge in [0.15, 0.2) is 4.90 Å². The molecule has 0 aliphatic heterocycles. The third kappa shape index (κ3) is 10.3.